The Hall–Kier alpha value is -3.58. The van der Waals surface area contributed by atoms with Crippen LogP contribution in [0.2, 0.25) is 0 Å². The fourth-order valence-electron chi connectivity index (χ4n) is 3.76. The summed E-state index contributed by atoms with van der Waals surface area (Å²) in [5, 5.41) is 5.88. The molecule has 0 unspecified atom stereocenters. The lowest BCUT2D eigenvalue weighted by Crippen LogP contribution is -2.36. The average Bonchev–Trinajstić information content (AvgIpc) is 3.41. The maximum Gasteiger partial charge on any atom is 0.442 e. The quantitative estimate of drug-likeness (QED) is 0.255. The fourth-order valence-corrected chi connectivity index (χ4v) is 5.80. The number of aromatic amines is 1. The van der Waals surface area contributed by atoms with E-state index in [1.165, 1.54) is 22.9 Å². The summed E-state index contributed by atoms with van der Waals surface area (Å²) in [6.45, 7) is 4.27. The van der Waals surface area contributed by atoms with Gasteiger partial charge in [-0.3, -0.25) is 14.1 Å². The number of thiophene rings is 1. The standard InChI is InChI=1S/C23H24N4O7S2/c1-4-33-22(30)19-16-9-10-26(13(2)28)11-17(16)36-20(19)24-18(29)12-35-21-23(31)34-25-27(21)14-5-7-15(32-3)8-6-14/h5-8H,4,9-12H2,1-3H3,(H-,24,25,29,30,31)/p+1. The van der Waals surface area contributed by atoms with Gasteiger partial charge in [0.1, 0.15) is 10.8 Å². The van der Waals surface area contributed by atoms with Crippen molar-refractivity contribution in [2.45, 2.75) is 31.8 Å². The lowest BCUT2D eigenvalue weighted by Gasteiger charge is -2.25. The molecule has 0 saturated carbocycles. The predicted molar refractivity (Wildman–Crippen MR) is 132 cm³/mol. The number of carbonyl (C=O) groups is 3. The van der Waals surface area contributed by atoms with Gasteiger partial charge in [-0.05, 0) is 52.8 Å². The molecule has 1 aliphatic heterocycles. The molecule has 0 fully saturated rings. The first-order valence-electron chi connectivity index (χ1n) is 11.1. The monoisotopic (exact) mass is 533 g/mol. The van der Waals surface area contributed by atoms with Gasteiger partial charge in [-0.25, -0.2) is 9.59 Å². The molecular formula is C23H25N4O7S2+. The van der Waals surface area contributed by atoms with Crippen molar-refractivity contribution < 1.29 is 33.1 Å². The molecule has 190 valence electrons. The Labute approximate surface area is 214 Å². The maximum atomic E-state index is 12.9. The molecule has 11 nitrogen and oxygen atoms in total. The van der Waals surface area contributed by atoms with E-state index in [-0.39, 0.29) is 23.3 Å². The van der Waals surface area contributed by atoms with E-state index in [1.807, 2.05) is 0 Å². The van der Waals surface area contributed by atoms with Crippen molar-refractivity contribution in [3.8, 4) is 11.4 Å². The van der Waals surface area contributed by atoms with Gasteiger partial charge in [0.15, 0.2) is 0 Å². The largest absolute Gasteiger partial charge is 0.497 e. The Morgan fingerprint density at radius 3 is 2.69 bits per heavy atom. The minimum absolute atomic E-state index is 0.0516. The van der Waals surface area contributed by atoms with Gasteiger partial charge in [-0.15, -0.1) is 11.3 Å². The molecule has 0 spiro atoms. The first kappa shape index (κ1) is 25.5. The molecule has 0 saturated heterocycles. The minimum Gasteiger partial charge on any atom is -0.497 e. The smallest absolute Gasteiger partial charge is 0.442 e. The van der Waals surface area contributed by atoms with Crippen molar-refractivity contribution in [1.82, 2.24) is 10.2 Å². The van der Waals surface area contributed by atoms with Gasteiger partial charge in [0.05, 0.1) is 31.6 Å². The Morgan fingerprint density at radius 1 is 1.28 bits per heavy atom. The van der Waals surface area contributed by atoms with Crippen LogP contribution >= 0.6 is 23.1 Å². The zero-order valence-corrected chi connectivity index (χ0v) is 21.5. The number of thioether (sulfide) groups is 1. The summed E-state index contributed by atoms with van der Waals surface area (Å²) in [6.07, 6.45) is 0.496. The van der Waals surface area contributed by atoms with Crippen molar-refractivity contribution in [2.24, 2.45) is 0 Å². The van der Waals surface area contributed by atoms with Crippen LogP contribution in [0.3, 0.4) is 0 Å². The van der Waals surface area contributed by atoms with E-state index in [9.17, 15) is 19.2 Å². The highest BCUT2D eigenvalue weighted by atomic mass is 32.2. The first-order chi connectivity index (χ1) is 17.3. The third-order valence-electron chi connectivity index (χ3n) is 5.51. The molecule has 2 amide bonds. The molecule has 13 heteroatoms. The van der Waals surface area contributed by atoms with Crippen LogP contribution in [-0.4, -0.2) is 54.0 Å². The second-order valence-electron chi connectivity index (χ2n) is 7.78. The number of aromatic nitrogens is 2. The molecule has 0 aliphatic carbocycles. The highest BCUT2D eigenvalue weighted by Crippen LogP contribution is 2.38. The Balaban J connectivity index is 1.52. The van der Waals surface area contributed by atoms with Gasteiger partial charge in [-0.2, -0.15) is 0 Å². The van der Waals surface area contributed by atoms with Crippen LogP contribution in [-0.2, 0) is 27.3 Å². The zero-order valence-electron chi connectivity index (χ0n) is 19.9. The Kier molecular flexibility index (Phi) is 7.79. The van der Waals surface area contributed by atoms with Crippen LogP contribution in [0.4, 0.5) is 5.00 Å². The number of anilines is 1. The average molecular weight is 534 g/mol. The number of benzene rings is 1. The highest BCUT2D eigenvalue weighted by molar-refractivity contribution is 7.99. The summed E-state index contributed by atoms with van der Waals surface area (Å²) in [7, 11) is 1.55. The second-order valence-corrected chi connectivity index (χ2v) is 9.84. The number of nitrogens with one attached hydrogen (secondary N) is 2. The van der Waals surface area contributed by atoms with Gasteiger partial charge in [0.25, 0.3) is 0 Å². The first-order valence-corrected chi connectivity index (χ1v) is 12.9. The number of esters is 1. The van der Waals surface area contributed by atoms with E-state index in [0.29, 0.717) is 41.5 Å². The zero-order chi connectivity index (χ0) is 25.8. The molecule has 2 aromatic heterocycles. The number of nitrogens with zero attached hydrogens (tertiary/aromatic N) is 2. The van der Waals surface area contributed by atoms with Gasteiger partial charge in [0.2, 0.25) is 17.5 Å². The van der Waals surface area contributed by atoms with Crippen LogP contribution < -0.4 is 20.4 Å². The predicted octanol–water partition coefficient (Wildman–Crippen LogP) is 2.13. The summed E-state index contributed by atoms with van der Waals surface area (Å²) in [6, 6.07) is 6.94. The van der Waals surface area contributed by atoms with Crippen LogP contribution in [0, 0.1) is 0 Å². The van der Waals surface area contributed by atoms with Gasteiger partial charge in [0, 0.05) is 30.5 Å². The van der Waals surface area contributed by atoms with Crippen molar-refractivity contribution in [1.29, 1.82) is 0 Å². The van der Waals surface area contributed by atoms with E-state index in [4.69, 9.17) is 14.0 Å². The number of hydrogen-bond donors (Lipinski definition) is 2. The molecule has 1 aromatic carbocycles. The third-order valence-corrected chi connectivity index (χ3v) is 7.67. The minimum atomic E-state index is -0.619. The fraction of sp³-hybridized carbons (Fsp3) is 0.348. The molecule has 3 heterocycles. The number of H-pyrrole nitrogens is 1. The van der Waals surface area contributed by atoms with Crippen molar-refractivity contribution >= 4 is 45.9 Å². The topological polar surface area (TPSA) is 135 Å². The van der Waals surface area contributed by atoms with Crippen LogP contribution in [0.15, 0.2) is 38.6 Å². The number of ether oxygens (including phenoxy) is 2. The highest BCUT2D eigenvalue weighted by Gasteiger charge is 2.31. The molecule has 0 bridgehead atoms. The van der Waals surface area contributed by atoms with Crippen molar-refractivity contribution in [2.75, 3.05) is 31.3 Å². The van der Waals surface area contributed by atoms with Gasteiger partial charge < -0.3 is 19.7 Å². The summed E-state index contributed by atoms with van der Waals surface area (Å²) in [4.78, 5) is 52.2. The summed E-state index contributed by atoms with van der Waals surface area (Å²) >= 11 is 2.25. The van der Waals surface area contributed by atoms with Gasteiger partial charge in [-0.1, -0.05) is 0 Å². The number of fused-ring (bicyclic) bond motifs is 1. The Bertz CT molecular complexity index is 1340. The molecule has 0 atom stereocenters. The molecule has 4 rings (SSSR count). The lowest BCUT2D eigenvalue weighted by molar-refractivity contribution is -0.704. The normalized spacial score (nSPS) is 12.7. The Morgan fingerprint density at radius 2 is 2.03 bits per heavy atom. The maximum absolute atomic E-state index is 12.9. The van der Waals surface area contributed by atoms with Crippen molar-refractivity contribution in [3.05, 3.63) is 50.7 Å². The molecular weight excluding hydrogens is 508 g/mol. The summed E-state index contributed by atoms with van der Waals surface area (Å²) in [5.41, 5.74) is 1.12. The van der Waals surface area contributed by atoms with E-state index >= 15 is 0 Å². The van der Waals surface area contributed by atoms with Crippen LogP contribution in [0.5, 0.6) is 5.75 Å². The van der Waals surface area contributed by atoms with E-state index in [1.54, 1.807) is 43.2 Å². The van der Waals surface area contributed by atoms with Gasteiger partial charge >= 0.3 is 16.6 Å². The summed E-state index contributed by atoms with van der Waals surface area (Å²) in [5.74, 6) is -0.429. The number of amides is 2. The van der Waals surface area contributed by atoms with E-state index in [0.717, 1.165) is 22.2 Å². The van der Waals surface area contributed by atoms with Crippen LogP contribution in [0.25, 0.3) is 5.69 Å². The van der Waals surface area contributed by atoms with E-state index < -0.39 is 17.5 Å². The van der Waals surface area contributed by atoms with E-state index in [2.05, 4.69) is 10.6 Å². The molecule has 2 N–H and O–H groups in total. The van der Waals surface area contributed by atoms with Crippen LogP contribution in [0.1, 0.15) is 34.6 Å². The number of methoxy groups -OCH3 is 1. The molecule has 1 aliphatic rings. The number of carbonyl (C=O) groups excluding carboxylic acids is 3. The second kappa shape index (κ2) is 11.0. The number of rotatable bonds is 8. The SMILES string of the molecule is CCOC(=O)c1c(NC(=O)CSc2c(=O)o[nH][n+]2-c2ccc(OC)cc2)sc2c1CCN(C(C)=O)C2. The molecule has 3 aromatic rings. The number of hydrogen-bond acceptors (Lipinski definition) is 9. The van der Waals surface area contributed by atoms with Crippen molar-refractivity contribution in [3.63, 3.8) is 0 Å². The molecule has 0 radical (unpaired) electrons. The lowest BCUT2D eigenvalue weighted by atomic mass is 10.0. The summed E-state index contributed by atoms with van der Waals surface area (Å²) < 4.78 is 16.7. The molecule has 36 heavy (non-hydrogen) atoms. The third kappa shape index (κ3) is 5.31.